The molecular weight excluding hydrogens is 382 g/mol. The molecule has 1 spiro atoms. The third-order valence-corrected chi connectivity index (χ3v) is 6.02. The molecule has 2 aliphatic rings. The molecule has 0 aliphatic carbocycles. The molecule has 1 aromatic carbocycles. The van der Waals surface area contributed by atoms with E-state index < -0.39 is 5.60 Å². The number of ketones is 1. The van der Waals surface area contributed by atoms with E-state index in [1.807, 2.05) is 45.0 Å². The van der Waals surface area contributed by atoms with Crippen LogP contribution in [0.15, 0.2) is 24.3 Å². The highest BCUT2D eigenvalue weighted by Gasteiger charge is 2.44. The zero-order valence-electron chi connectivity index (χ0n) is 17.3. The van der Waals surface area contributed by atoms with E-state index in [4.69, 9.17) is 4.74 Å². The van der Waals surface area contributed by atoms with Crippen molar-refractivity contribution >= 4 is 17.5 Å². The van der Waals surface area contributed by atoms with Gasteiger partial charge in [-0.15, -0.1) is 5.10 Å². The van der Waals surface area contributed by atoms with Crippen molar-refractivity contribution in [2.24, 2.45) is 0 Å². The minimum absolute atomic E-state index is 0.110. The number of likely N-dealkylation sites (tertiary alicyclic amines) is 1. The van der Waals surface area contributed by atoms with Crippen molar-refractivity contribution in [1.29, 1.82) is 0 Å². The summed E-state index contributed by atoms with van der Waals surface area (Å²) in [7, 11) is 0. The van der Waals surface area contributed by atoms with Crippen molar-refractivity contribution in [1.82, 2.24) is 24.5 Å². The summed E-state index contributed by atoms with van der Waals surface area (Å²) in [5, 5.41) is 4.35. The summed E-state index contributed by atoms with van der Waals surface area (Å²) in [4.78, 5) is 36.1. The second kappa shape index (κ2) is 6.62. The average Bonchev–Trinajstić information content (AvgIpc) is 3.13. The van der Waals surface area contributed by atoms with Gasteiger partial charge in [-0.2, -0.15) is 4.98 Å². The van der Waals surface area contributed by atoms with E-state index in [9.17, 15) is 9.59 Å². The molecule has 8 nitrogen and oxygen atoms in total. The third kappa shape index (κ3) is 3.03. The van der Waals surface area contributed by atoms with Crippen LogP contribution >= 0.6 is 0 Å². The van der Waals surface area contributed by atoms with Gasteiger partial charge >= 0.3 is 0 Å². The van der Waals surface area contributed by atoms with Crippen LogP contribution in [0.3, 0.4) is 0 Å². The molecule has 2 aromatic heterocycles. The number of ether oxygens (including phenoxy) is 1. The van der Waals surface area contributed by atoms with Gasteiger partial charge in [0, 0.05) is 37.3 Å². The molecule has 0 bridgehead atoms. The van der Waals surface area contributed by atoms with Crippen molar-refractivity contribution in [3.05, 3.63) is 52.6 Å². The lowest BCUT2D eigenvalue weighted by molar-refractivity contribution is -0.00601. The van der Waals surface area contributed by atoms with Gasteiger partial charge in [-0.05, 0) is 39.0 Å². The lowest BCUT2D eigenvalue weighted by Crippen LogP contribution is -2.52. The predicted molar refractivity (Wildman–Crippen MR) is 109 cm³/mol. The van der Waals surface area contributed by atoms with Crippen LogP contribution in [0, 0.1) is 20.8 Å². The van der Waals surface area contributed by atoms with Crippen LogP contribution in [0.2, 0.25) is 0 Å². The first-order valence-corrected chi connectivity index (χ1v) is 10.2. The van der Waals surface area contributed by atoms with E-state index in [-0.39, 0.29) is 17.5 Å². The number of aromatic nitrogens is 4. The summed E-state index contributed by atoms with van der Waals surface area (Å²) in [5.74, 6) is 1.12. The van der Waals surface area contributed by atoms with E-state index in [0.29, 0.717) is 49.4 Å². The Balaban J connectivity index is 1.34. The van der Waals surface area contributed by atoms with Crippen LogP contribution < -0.4 is 4.74 Å². The Hall–Kier alpha value is -3.29. The van der Waals surface area contributed by atoms with Crippen LogP contribution in [0.25, 0.3) is 5.78 Å². The van der Waals surface area contributed by atoms with Crippen molar-refractivity contribution in [2.45, 2.75) is 45.6 Å². The lowest BCUT2D eigenvalue weighted by Gasteiger charge is -2.43. The highest BCUT2D eigenvalue weighted by Crippen LogP contribution is 2.39. The summed E-state index contributed by atoms with van der Waals surface area (Å²) in [5.41, 5.74) is 2.87. The first-order chi connectivity index (χ1) is 14.3. The van der Waals surface area contributed by atoms with Crippen molar-refractivity contribution < 1.29 is 14.3 Å². The van der Waals surface area contributed by atoms with Gasteiger partial charge in [-0.1, -0.05) is 11.6 Å². The van der Waals surface area contributed by atoms with Gasteiger partial charge in [-0.3, -0.25) is 9.59 Å². The number of carbonyl (C=O) groups excluding carboxylic acids is 2. The monoisotopic (exact) mass is 405 g/mol. The first-order valence-electron chi connectivity index (χ1n) is 10.2. The maximum Gasteiger partial charge on any atom is 0.293 e. The van der Waals surface area contributed by atoms with Gasteiger partial charge in [0.1, 0.15) is 11.4 Å². The minimum atomic E-state index is -0.544. The van der Waals surface area contributed by atoms with E-state index in [1.165, 1.54) is 0 Å². The van der Waals surface area contributed by atoms with E-state index >= 15 is 0 Å². The van der Waals surface area contributed by atoms with Gasteiger partial charge in [0.2, 0.25) is 5.82 Å². The summed E-state index contributed by atoms with van der Waals surface area (Å²) < 4.78 is 7.88. The topological polar surface area (TPSA) is 89.7 Å². The Bertz CT molecular complexity index is 1190. The van der Waals surface area contributed by atoms with Crippen LogP contribution in [0.1, 0.15) is 57.2 Å². The van der Waals surface area contributed by atoms with Crippen LogP contribution in [0.4, 0.5) is 0 Å². The molecule has 2 aliphatic heterocycles. The molecule has 0 atom stereocenters. The summed E-state index contributed by atoms with van der Waals surface area (Å²) >= 11 is 0. The highest BCUT2D eigenvalue weighted by atomic mass is 16.5. The SMILES string of the molecule is Cc1ccc2c(c1)C(=O)CC1(CCN(C(=O)c3nc4nc(C)cc(C)n4n3)CC1)O2. The number of nitrogens with zero attached hydrogens (tertiary/aromatic N) is 5. The number of benzene rings is 1. The second-order valence-corrected chi connectivity index (χ2v) is 8.36. The minimum Gasteiger partial charge on any atom is -0.486 e. The largest absolute Gasteiger partial charge is 0.486 e. The number of rotatable bonds is 1. The zero-order valence-corrected chi connectivity index (χ0v) is 17.3. The maximum atomic E-state index is 13.0. The lowest BCUT2D eigenvalue weighted by atomic mass is 9.82. The van der Waals surface area contributed by atoms with Gasteiger partial charge in [0.05, 0.1) is 12.0 Å². The molecule has 3 aromatic rings. The molecule has 0 unspecified atom stereocenters. The molecule has 4 heterocycles. The highest BCUT2D eigenvalue weighted by molar-refractivity contribution is 6.00. The van der Waals surface area contributed by atoms with E-state index in [2.05, 4.69) is 15.1 Å². The molecule has 1 amide bonds. The number of fused-ring (bicyclic) bond motifs is 2. The molecule has 30 heavy (non-hydrogen) atoms. The molecule has 1 saturated heterocycles. The number of aryl methyl sites for hydroxylation is 3. The number of hydrogen-bond acceptors (Lipinski definition) is 6. The van der Waals surface area contributed by atoms with Gasteiger partial charge in [0.15, 0.2) is 5.78 Å². The fourth-order valence-corrected chi connectivity index (χ4v) is 4.40. The molecule has 0 saturated carbocycles. The zero-order chi connectivity index (χ0) is 21.0. The van der Waals surface area contributed by atoms with Gasteiger partial charge in [0.25, 0.3) is 11.7 Å². The fraction of sp³-hybridized carbons (Fsp3) is 0.409. The summed E-state index contributed by atoms with van der Waals surface area (Å²) in [6, 6.07) is 7.61. The molecular formula is C22H23N5O3. The van der Waals surface area contributed by atoms with E-state index in [0.717, 1.165) is 17.0 Å². The van der Waals surface area contributed by atoms with Crippen molar-refractivity contribution in [3.8, 4) is 5.75 Å². The van der Waals surface area contributed by atoms with E-state index in [1.54, 1.807) is 9.42 Å². The van der Waals surface area contributed by atoms with Crippen molar-refractivity contribution in [3.63, 3.8) is 0 Å². The first kappa shape index (κ1) is 18.7. The molecule has 1 fully saturated rings. The molecule has 8 heteroatoms. The Kier molecular flexibility index (Phi) is 4.13. The third-order valence-electron chi connectivity index (χ3n) is 6.02. The summed E-state index contributed by atoms with van der Waals surface area (Å²) in [6.45, 7) is 6.75. The smallest absolute Gasteiger partial charge is 0.293 e. The standard InChI is InChI=1S/C22H23N5O3/c1-13-4-5-18-16(10-13)17(28)12-22(30-18)6-8-26(9-7-22)20(29)19-24-21-23-14(2)11-15(3)27(21)25-19/h4-5,10-11H,6-9,12H2,1-3H3. The van der Waals surface area contributed by atoms with Crippen LogP contribution in [-0.4, -0.2) is 54.9 Å². The average molecular weight is 405 g/mol. The molecule has 154 valence electrons. The number of Topliss-reactive ketones (excluding diaryl/α,β-unsaturated/α-hetero) is 1. The number of hydrogen-bond donors (Lipinski definition) is 0. The Morgan fingerprint density at radius 3 is 2.63 bits per heavy atom. The molecule has 0 radical (unpaired) electrons. The second-order valence-electron chi connectivity index (χ2n) is 8.36. The van der Waals surface area contributed by atoms with Crippen LogP contribution in [-0.2, 0) is 0 Å². The number of piperidine rings is 1. The van der Waals surface area contributed by atoms with Crippen molar-refractivity contribution in [2.75, 3.05) is 13.1 Å². The van der Waals surface area contributed by atoms with Gasteiger partial charge in [-0.25, -0.2) is 9.50 Å². The normalized spacial score (nSPS) is 17.8. The summed E-state index contributed by atoms with van der Waals surface area (Å²) in [6.07, 6.45) is 1.55. The Morgan fingerprint density at radius 1 is 1.10 bits per heavy atom. The predicted octanol–water partition coefficient (Wildman–Crippen LogP) is 2.69. The Morgan fingerprint density at radius 2 is 1.87 bits per heavy atom. The quantitative estimate of drug-likeness (QED) is 0.618. The Labute approximate surface area is 173 Å². The van der Waals surface area contributed by atoms with Crippen LogP contribution in [0.5, 0.6) is 5.75 Å². The fourth-order valence-electron chi connectivity index (χ4n) is 4.40. The molecule has 5 rings (SSSR count). The number of amides is 1. The molecule has 0 N–H and O–H groups in total. The number of carbonyl (C=O) groups is 2. The van der Waals surface area contributed by atoms with Gasteiger partial charge < -0.3 is 9.64 Å². The maximum absolute atomic E-state index is 13.0.